The van der Waals surface area contributed by atoms with Gasteiger partial charge < -0.3 is 38.7 Å². The molecule has 2 amide bonds. The number of hydrogen-bond acceptors (Lipinski definition) is 10. The van der Waals surface area contributed by atoms with Gasteiger partial charge in [0, 0.05) is 85.9 Å². The molecule has 4 aliphatic heterocycles. The summed E-state index contributed by atoms with van der Waals surface area (Å²) in [5, 5.41) is 0. The van der Waals surface area contributed by atoms with Crippen molar-refractivity contribution in [1.29, 1.82) is 0 Å². The molecule has 70 heavy (non-hydrogen) atoms. The van der Waals surface area contributed by atoms with Crippen molar-refractivity contribution in [2.45, 2.75) is 77.9 Å². The first-order valence-corrected chi connectivity index (χ1v) is 24.8. The van der Waals surface area contributed by atoms with Crippen molar-refractivity contribution in [3.8, 4) is 58.0 Å². The Morgan fingerprint density at radius 2 is 1.04 bits per heavy atom. The first-order valence-electron chi connectivity index (χ1n) is 24.8. The number of ether oxygens (including phenoxy) is 4. The standard InChI is InChI=1S/C54H62N8O6.C2H2/c1-3-17-61(53(63)51(37-13-7-5-8-14-37)59-19-11-23-65-25-21-59)33-47-55-31-43(57-47)39-27-41-35-68-46-30-40(28-42-36-67-45(29-39)49(41)50(42)46)44-32-56-48(58-44)34-62(18-4-2)54(64)52(38-15-9-6-10-16-38)60-20-12-24-66-26-22-60;1-2/h5-10,13-16,27-32,51-52H,3-4,11-12,17-26,33-36H2,1-2H3,(H,55,57)(H,56,58);1-2H. The van der Waals surface area contributed by atoms with Crippen LogP contribution in [0.3, 0.4) is 0 Å². The van der Waals surface area contributed by atoms with Crippen molar-refractivity contribution in [2.24, 2.45) is 0 Å². The monoisotopic (exact) mass is 944 g/mol. The number of aromatic nitrogens is 4. The predicted molar refractivity (Wildman–Crippen MR) is 269 cm³/mol. The van der Waals surface area contributed by atoms with Crippen LogP contribution in [0, 0.1) is 12.8 Å². The van der Waals surface area contributed by atoms with E-state index in [2.05, 4.69) is 95.0 Å². The van der Waals surface area contributed by atoms with E-state index in [9.17, 15) is 9.59 Å². The Balaban J connectivity index is 0.00000300. The van der Waals surface area contributed by atoms with Crippen LogP contribution >= 0.6 is 0 Å². The summed E-state index contributed by atoms with van der Waals surface area (Å²) in [6.07, 6.45) is 15.1. The molecule has 2 atom stereocenters. The zero-order valence-corrected chi connectivity index (χ0v) is 40.4. The van der Waals surface area contributed by atoms with Gasteiger partial charge in [-0.15, -0.1) is 12.8 Å². The van der Waals surface area contributed by atoms with Gasteiger partial charge in [0.25, 0.3) is 0 Å². The van der Waals surface area contributed by atoms with Gasteiger partial charge in [0.1, 0.15) is 48.4 Å². The summed E-state index contributed by atoms with van der Waals surface area (Å²) < 4.78 is 24.6. The molecule has 0 saturated carbocycles. The molecule has 2 saturated heterocycles. The molecule has 0 bridgehead atoms. The normalized spacial score (nSPS) is 16.5. The van der Waals surface area contributed by atoms with Crippen LogP contribution in [0.25, 0.3) is 33.6 Å². The van der Waals surface area contributed by atoms with E-state index < -0.39 is 12.1 Å². The van der Waals surface area contributed by atoms with Crippen LogP contribution in [0.5, 0.6) is 11.5 Å². The molecular formula is C56H64N8O6. The lowest BCUT2D eigenvalue weighted by Crippen LogP contribution is -2.44. The molecule has 14 heteroatoms. The number of carbonyl (C=O) groups is 2. The number of nitrogens with one attached hydrogen (secondary N) is 2. The van der Waals surface area contributed by atoms with E-state index in [-0.39, 0.29) is 11.8 Å². The average molecular weight is 945 g/mol. The number of nitrogens with zero attached hydrogens (tertiary/aromatic N) is 6. The smallest absolute Gasteiger partial charge is 0.244 e. The van der Waals surface area contributed by atoms with Gasteiger partial charge in [-0.3, -0.25) is 19.4 Å². The van der Waals surface area contributed by atoms with E-state index >= 15 is 0 Å². The van der Waals surface area contributed by atoms with E-state index in [0.717, 1.165) is 118 Å². The number of terminal acetylenes is 1. The van der Waals surface area contributed by atoms with Gasteiger partial charge in [-0.05, 0) is 61.1 Å². The molecule has 2 fully saturated rings. The van der Waals surface area contributed by atoms with Crippen LogP contribution in [0.2, 0.25) is 0 Å². The maximum atomic E-state index is 14.5. The number of aromatic amines is 2. The minimum Gasteiger partial charge on any atom is -0.488 e. The SMILES string of the molecule is C#C.CCCN(Cc1ncc(-c2cc3c4c(c2)OCc2cc(-c5cnc(CN(CCC)C(=O)C(c6ccccc6)N6CCCOCC6)[nH]5)cc(c2-4)OC3)[nH]1)C(=O)C(c1ccccc1)N1CCCOCC1. The molecule has 364 valence electrons. The van der Waals surface area contributed by atoms with Gasteiger partial charge in [0.2, 0.25) is 11.8 Å². The average Bonchev–Trinajstić information content (AvgIpc) is 3.89. The number of imidazole rings is 2. The van der Waals surface area contributed by atoms with Crippen molar-refractivity contribution >= 4 is 11.8 Å². The Hall–Kier alpha value is -6.76. The first kappa shape index (κ1) is 48.3. The third-order valence-corrected chi connectivity index (χ3v) is 13.5. The van der Waals surface area contributed by atoms with E-state index in [1.807, 2.05) is 58.6 Å². The molecule has 14 nitrogen and oxygen atoms in total. The van der Waals surface area contributed by atoms with E-state index in [0.29, 0.717) is 78.9 Å². The Morgan fingerprint density at radius 1 is 0.614 bits per heavy atom. The summed E-state index contributed by atoms with van der Waals surface area (Å²) in [7, 11) is 0. The lowest BCUT2D eigenvalue weighted by molar-refractivity contribution is -0.139. The zero-order valence-electron chi connectivity index (χ0n) is 40.4. The molecule has 0 aliphatic carbocycles. The maximum Gasteiger partial charge on any atom is 0.244 e. The van der Waals surface area contributed by atoms with E-state index in [4.69, 9.17) is 28.9 Å². The van der Waals surface area contributed by atoms with Crippen molar-refractivity contribution in [1.82, 2.24) is 39.5 Å². The van der Waals surface area contributed by atoms with Gasteiger partial charge in [-0.1, -0.05) is 74.5 Å². The highest BCUT2D eigenvalue weighted by Crippen LogP contribution is 2.50. The van der Waals surface area contributed by atoms with Gasteiger partial charge in [0.15, 0.2) is 0 Å². The highest BCUT2D eigenvalue weighted by molar-refractivity contribution is 5.89. The van der Waals surface area contributed by atoms with Crippen LogP contribution in [-0.4, -0.2) is 117 Å². The largest absolute Gasteiger partial charge is 0.488 e. The fourth-order valence-electron chi connectivity index (χ4n) is 10.3. The van der Waals surface area contributed by atoms with Crippen LogP contribution in [0.1, 0.15) is 85.5 Å². The third-order valence-electron chi connectivity index (χ3n) is 13.5. The molecule has 0 radical (unpaired) electrons. The van der Waals surface area contributed by atoms with Crippen molar-refractivity contribution < 1.29 is 28.5 Å². The summed E-state index contributed by atoms with van der Waals surface area (Å²) in [4.78, 5) is 54.2. The summed E-state index contributed by atoms with van der Waals surface area (Å²) in [6, 6.07) is 27.9. The van der Waals surface area contributed by atoms with Gasteiger partial charge in [0.05, 0.1) is 50.1 Å². The molecule has 10 rings (SSSR count). The zero-order chi connectivity index (χ0) is 48.4. The van der Waals surface area contributed by atoms with Gasteiger partial charge in [-0.25, -0.2) is 9.97 Å². The number of hydrogen-bond donors (Lipinski definition) is 2. The predicted octanol–water partition coefficient (Wildman–Crippen LogP) is 8.57. The second-order valence-corrected chi connectivity index (χ2v) is 18.2. The molecule has 2 unspecified atom stereocenters. The summed E-state index contributed by atoms with van der Waals surface area (Å²) in [5.41, 5.74) is 9.76. The number of amides is 2. The molecule has 4 aromatic carbocycles. The number of H-pyrrole nitrogens is 2. The summed E-state index contributed by atoms with van der Waals surface area (Å²) in [6.45, 7) is 12.6. The Morgan fingerprint density at radius 3 is 1.46 bits per heavy atom. The highest BCUT2D eigenvalue weighted by Gasteiger charge is 2.35. The molecular weight excluding hydrogens is 881 g/mol. The lowest BCUT2D eigenvalue weighted by atomic mass is 9.87. The Bertz CT molecular complexity index is 2490. The number of rotatable bonds is 16. The maximum absolute atomic E-state index is 14.5. The second-order valence-electron chi connectivity index (χ2n) is 18.2. The van der Waals surface area contributed by atoms with Crippen molar-refractivity contribution in [3.05, 3.63) is 131 Å². The van der Waals surface area contributed by atoms with E-state index in [1.54, 1.807) is 0 Å². The second kappa shape index (κ2) is 22.8. The minimum atomic E-state index is -0.395. The molecule has 0 spiro atoms. The van der Waals surface area contributed by atoms with Crippen molar-refractivity contribution in [3.63, 3.8) is 0 Å². The molecule has 4 aliphatic rings. The van der Waals surface area contributed by atoms with Gasteiger partial charge >= 0.3 is 0 Å². The fraction of sp³-hybridized carbons (Fsp3) is 0.393. The number of benzene rings is 4. The Labute approximate surface area is 411 Å². The van der Waals surface area contributed by atoms with Crippen LogP contribution in [0.4, 0.5) is 0 Å². The lowest BCUT2D eigenvalue weighted by Gasteiger charge is -2.34. The Kier molecular flexibility index (Phi) is 15.7. The number of carbonyl (C=O) groups excluding carboxylic acids is 2. The highest BCUT2D eigenvalue weighted by atomic mass is 16.5. The van der Waals surface area contributed by atoms with Crippen LogP contribution in [-0.2, 0) is 45.4 Å². The van der Waals surface area contributed by atoms with Crippen molar-refractivity contribution in [2.75, 3.05) is 65.7 Å². The molecule has 6 heterocycles. The third kappa shape index (κ3) is 10.5. The fourth-order valence-corrected chi connectivity index (χ4v) is 10.3. The molecule has 2 aromatic heterocycles. The molecule has 2 N–H and O–H groups in total. The quantitative estimate of drug-likeness (QED) is 0.0907. The van der Waals surface area contributed by atoms with E-state index in [1.165, 1.54) is 0 Å². The summed E-state index contributed by atoms with van der Waals surface area (Å²) >= 11 is 0. The molecule has 6 aromatic rings. The first-order chi connectivity index (χ1) is 34.4. The van der Waals surface area contributed by atoms with Gasteiger partial charge in [-0.2, -0.15) is 0 Å². The topological polar surface area (TPSA) is 141 Å². The van der Waals surface area contributed by atoms with Crippen LogP contribution in [0.15, 0.2) is 97.3 Å². The van der Waals surface area contributed by atoms with Crippen LogP contribution < -0.4 is 9.47 Å². The minimum absolute atomic E-state index is 0.0741. The summed E-state index contributed by atoms with van der Waals surface area (Å²) in [5.74, 6) is 3.21.